The summed E-state index contributed by atoms with van der Waals surface area (Å²) in [6.45, 7) is 2.02. The summed E-state index contributed by atoms with van der Waals surface area (Å²) in [7, 11) is -0.964. The molecule has 0 bridgehead atoms. The van der Waals surface area contributed by atoms with E-state index in [2.05, 4.69) is 26.3 Å². The molecule has 1 atom stereocenters. The van der Waals surface area contributed by atoms with E-state index in [4.69, 9.17) is 0 Å². The molecule has 1 unspecified atom stereocenters. The van der Waals surface area contributed by atoms with Crippen LogP contribution in [-0.2, 0) is 22.3 Å². The first-order valence-corrected chi connectivity index (χ1v) is 10.4. The number of carbonyl (C=O) groups excluding carboxylic acids is 1. The molecule has 0 fully saturated rings. The van der Waals surface area contributed by atoms with Gasteiger partial charge in [-0.2, -0.15) is 5.10 Å². The largest absolute Gasteiger partial charge is 0.306 e. The molecule has 4 rings (SSSR count). The van der Waals surface area contributed by atoms with Gasteiger partial charge in [-0.05, 0) is 37.3 Å². The van der Waals surface area contributed by atoms with Crippen LogP contribution >= 0.6 is 15.9 Å². The molecule has 1 aliphatic rings. The van der Waals surface area contributed by atoms with Crippen LogP contribution in [0, 0.1) is 6.92 Å². The lowest BCUT2D eigenvalue weighted by atomic mass is 10.2. The van der Waals surface area contributed by atoms with Crippen molar-refractivity contribution in [2.24, 2.45) is 0 Å². The maximum Gasteiger partial charge on any atom is 0.256 e. The second-order valence-electron chi connectivity index (χ2n) is 6.21. The Bertz CT molecular complexity index is 1030. The van der Waals surface area contributed by atoms with Crippen molar-refractivity contribution in [1.29, 1.82) is 0 Å². The van der Waals surface area contributed by atoms with Crippen molar-refractivity contribution in [2.75, 3.05) is 5.32 Å². The smallest absolute Gasteiger partial charge is 0.256 e. The summed E-state index contributed by atoms with van der Waals surface area (Å²) in [6.07, 6.45) is 0. The van der Waals surface area contributed by atoms with Gasteiger partial charge in [0, 0.05) is 26.4 Å². The van der Waals surface area contributed by atoms with Crippen LogP contribution in [0.1, 0.15) is 27.2 Å². The van der Waals surface area contributed by atoms with Gasteiger partial charge in [-0.3, -0.25) is 9.00 Å². The minimum absolute atomic E-state index is 0.222. The third-order valence-electron chi connectivity index (χ3n) is 4.27. The molecule has 0 spiro atoms. The highest BCUT2D eigenvalue weighted by atomic mass is 79.9. The molecule has 5 nitrogen and oxygen atoms in total. The number of hydrogen-bond acceptors (Lipinski definition) is 3. The fourth-order valence-corrected chi connectivity index (χ4v) is 4.60. The highest BCUT2D eigenvalue weighted by molar-refractivity contribution is 9.10. The van der Waals surface area contributed by atoms with Crippen LogP contribution in [0.2, 0.25) is 0 Å². The zero-order valence-electron chi connectivity index (χ0n) is 14.0. The van der Waals surface area contributed by atoms with Crippen LogP contribution in [0.3, 0.4) is 0 Å². The fourth-order valence-electron chi connectivity index (χ4n) is 2.94. The minimum atomic E-state index is -0.964. The Morgan fingerprint density at radius 2 is 1.96 bits per heavy atom. The predicted molar refractivity (Wildman–Crippen MR) is 106 cm³/mol. The van der Waals surface area contributed by atoms with E-state index in [1.165, 1.54) is 0 Å². The average Bonchev–Trinajstić information content (AvgIpc) is 3.13. The average molecular weight is 430 g/mol. The number of aryl methyl sites for hydroxylation is 1. The molecule has 1 aromatic heterocycles. The first-order chi connectivity index (χ1) is 12.5. The van der Waals surface area contributed by atoms with Crippen molar-refractivity contribution < 1.29 is 9.00 Å². The molecule has 0 aliphatic carbocycles. The number of carbonyl (C=O) groups is 1. The summed E-state index contributed by atoms with van der Waals surface area (Å²) < 4.78 is 14.5. The van der Waals surface area contributed by atoms with Gasteiger partial charge in [-0.1, -0.05) is 39.7 Å². The Hall–Kier alpha value is -2.25. The second-order valence-corrected chi connectivity index (χ2v) is 8.59. The number of halogens is 1. The summed E-state index contributed by atoms with van der Waals surface area (Å²) in [5, 5.41) is 7.58. The summed E-state index contributed by atoms with van der Waals surface area (Å²) >= 11 is 3.39. The Morgan fingerprint density at radius 1 is 1.19 bits per heavy atom. The topological polar surface area (TPSA) is 64.0 Å². The molecule has 1 N–H and O–H groups in total. The zero-order valence-corrected chi connectivity index (χ0v) is 16.4. The highest BCUT2D eigenvalue weighted by Crippen LogP contribution is 2.31. The number of hydrogen-bond donors (Lipinski definition) is 1. The van der Waals surface area contributed by atoms with Gasteiger partial charge in [0.05, 0.1) is 22.9 Å². The van der Waals surface area contributed by atoms with Gasteiger partial charge in [0.25, 0.3) is 5.91 Å². The fraction of sp³-hybridized carbons (Fsp3) is 0.158. The predicted octanol–water partition coefficient (Wildman–Crippen LogP) is 3.96. The molecular formula is C19H16BrN3O2S. The third kappa shape index (κ3) is 3.24. The van der Waals surface area contributed by atoms with Gasteiger partial charge in [0.1, 0.15) is 5.82 Å². The van der Waals surface area contributed by atoms with E-state index >= 15 is 0 Å². The van der Waals surface area contributed by atoms with Crippen LogP contribution in [-0.4, -0.2) is 19.9 Å². The van der Waals surface area contributed by atoms with Crippen LogP contribution < -0.4 is 5.32 Å². The Morgan fingerprint density at radius 3 is 2.69 bits per heavy atom. The van der Waals surface area contributed by atoms with E-state index in [1.807, 2.05) is 43.3 Å². The molecule has 132 valence electrons. The van der Waals surface area contributed by atoms with Gasteiger partial charge < -0.3 is 5.32 Å². The van der Waals surface area contributed by atoms with E-state index in [0.717, 1.165) is 27.0 Å². The lowest BCUT2D eigenvalue weighted by Gasteiger charge is -2.11. The Labute approximate surface area is 162 Å². The van der Waals surface area contributed by atoms with Gasteiger partial charge in [0.15, 0.2) is 0 Å². The molecule has 2 heterocycles. The van der Waals surface area contributed by atoms with E-state index < -0.39 is 10.8 Å². The van der Waals surface area contributed by atoms with Gasteiger partial charge in [0.2, 0.25) is 0 Å². The molecule has 0 saturated carbocycles. The van der Waals surface area contributed by atoms with Crippen LogP contribution in [0.4, 0.5) is 5.82 Å². The molecule has 1 amide bonds. The number of nitrogens with one attached hydrogen (secondary N) is 1. The summed E-state index contributed by atoms with van der Waals surface area (Å²) in [5.74, 6) is 1.21. The van der Waals surface area contributed by atoms with Crippen molar-refractivity contribution in [2.45, 2.75) is 18.4 Å². The summed E-state index contributed by atoms with van der Waals surface area (Å²) in [4.78, 5) is 12.7. The van der Waals surface area contributed by atoms with Crippen molar-refractivity contribution in [3.63, 3.8) is 0 Å². The van der Waals surface area contributed by atoms with Crippen LogP contribution in [0.25, 0.3) is 5.69 Å². The lowest BCUT2D eigenvalue weighted by Crippen LogP contribution is -2.16. The monoisotopic (exact) mass is 429 g/mol. The van der Waals surface area contributed by atoms with Gasteiger partial charge >= 0.3 is 0 Å². The number of fused-ring (bicyclic) bond motifs is 1. The van der Waals surface area contributed by atoms with Crippen LogP contribution in [0.5, 0.6) is 0 Å². The number of anilines is 1. The highest BCUT2D eigenvalue weighted by Gasteiger charge is 2.28. The van der Waals surface area contributed by atoms with Gasteiger partial charge in [-0.25, -0.2) is 4.68 Å². The quantitative estimate of drug-likeness (QED) is 0.684. The minimum Gasteiger partial charge on any atom is -0.306 e. The van der Waals surface area contributed by atoms with Gasteiger partial charge in [-0.15, -0.1) is 0 Å². The first kappa shape index (κ1) is 17.2. The molecule has 0 saturated heterocycles. The van der Waals surface area contributed by atoms with Crippen molar-refractivity contribution in [3.8, 4) is 5.69 Å². The summed E-state index contributed by atoms with van der Waals surface area (Å²) in [6, 6.07) is 15.1. The van der Waals surface area contributed by atoms with E-state index in [-0.39, 0.29) is 5.91 Å². The Balaban J connectivity index is 1.75. The molecule has 7 heteroatoms. The Kier molecular flexibility index (Phi) is 4.50. The van der Waals surface area contributed by atoms with Crippen molar-refractivity contribution in [1.82, 2.24) is 9.78 Å². The SMILES string of the molecule is Cc1ccc(-n2nc3c(c2NC(=O)c2cccc(Br)c2)CS(=O)C3)cc1. The number of benzene rings is 2. The maximum absolute atomic E-state index is 12.7. The number of nitrogens with zero attached hydrogens (tertiary/aromatic N) is 2. The normalized spacial score (nSPS) is 15.7. The summed E-state index contributed by atoms with van der Waals surface area (Å²) in [5.41, 5.74) is 4.19. The molecular weight excluding hydrogens is 414 g/mol. The standard InChI is InChI=1S/C19H16BrN3O2S/c1-12-5-7-15(8-6-12)23-18(16-10-26(25)11-17(16)22-23)21-19(24)13-3-2-4-14(20)9-13/h2-9H,10-11H2,1H3,(H,21,24). The second kappa shape index (κ2) is 6.81. The first-order valence-electron chi connectivity index (χ1n) is 8.11. The molecule has 1 aliphatic heterocycles. The zero-order chi connectivity index (χ0) is 18.3. The maximum atomic E-state index is 12.7. The number of aromatic nitrogens is 2. The van der Waals surface area contributed by atoms with Crippen molar-refractivity contribution in [3.05, 3.63) is 75.4 Å². The molecule has 26 heavy (non-hydrogen) atoms. The van der Waals surface area contributed by atoms with E-state index in [9.17, 15) is 9.00 Å². The number of rotatable bonds is 3. The third-order valence-corrected chi connectivity index (χ3v) is 5.97. The van der Waals surface area contributed by atoms with E-state index in [0.29, 0.717) is 22.9 Å². The molecule has 0 radical (unpaired) electrons. The van der Waals surface area contributed by atoms with E-state index in [1.54, 1.807) is 16.8 Å². The van der Waals surface area contributed by atoms with Crippen LogP contribution in [0.15, 0.2) is 53.0 Å². The number of amides is 1. The molecule has 3 aromatic rings. The van der Waals surface area contributed by atoms with Crippen molar-refractivity contribution >= 4 is 38.5 Å². The molecule has 2 aromatic carbocycles. The lowest BCUT2D eigenvalue weighted by molar-refractivity contribution is 0.102.